The molecule has 5 heteroatoms. The Hall–Kier alpha value is -0.770. The average Bonchev–Trinajstić information content (AvgIpc) is 2.01. The summed E-state index contributed by atoms with van der Waals surface area (Å²) >= 11 is 5.48. The largest absolute Gasteiger partial charge is 0.434 e. The van der Waals surface area contributed by atoms with Gasteiger partial charge in [-0.2, -0.15) is 13.2 Å². The second-order valence-electron chi connectivity index (χ2n) is 3.25. The first-order chi connectivity index (χ1) is 6.32. The van der Waals surface area contributed by atoms with E-state index in [0.717, 1.165) is 0 Å². The summed E-state index contributed by atoms with van der Waals surface area (Å²) in [5.74, 6) is 0.113. The summed E-state index contributed by atoms with van der Waals surface area (Å²) in [6, 6.07) is 1.31. The van der Waals surface area contributed by atoms with Gasteiger partial charge in [-0.3, -0.25) is 4.98 Å². The average molecular weight is 224 g/mol. The van der Waals surface area contributed by atoms with E-state index in [1.165, 1.54) is 12.3 Å². The first-order valence-corrected chi connectivity index (χ1v) is 4.43. The summed E-state index contributed by atoms with van der Waals surface area (Å²) in [4.78, 5) is 3.31. The number of pyridine rings is 1. The maximum atomic E-state index is 12.2. The van der Waals surface area contributed by atoms with Gasteiger partial charge in [-0.25, -0.2) is 0 Å². The summed E-state index contributed by atoms with van der Waals surface area (Å²) in [6.07, 6.45) is -3.27. The van der Waals surface area contributed by atoms with E-state index in [9.17, 15) is 13.2 Å². The molecule has 78 valence electrons. The van der Waals surface area contributed by atoms with Crippen molar-refractivity contribution in [2.75, 3.05) is 0 Å². The Kier molecular flexibility index (Phi) is 3.04. The Morgan fingerprint density at radius 3 is 2.29 bits per heavy atom. The third-order valence-corrected chi connectivity index (χ3v) is 2.09. The maximum absolute atomic E-state index is 12.2. The summed E-state index contributed by atoms with van der Waals surface area (Å²) in [6.45, 7) is 3.72. The predicted octanol–water partition coefficient (Wildman–Crippen LogP) is 3.88. The quantitative estimate of drug-likeness (QED) is 0.704. The van der Waals surface area contributed by atoms with Crippen molar-refractivity contribution in [3.63, 3.8) is 0 Å². The van der Waals surface area contributed by atoms with Crippen LogP contribution in [-0.2, 0) is 6.18 Å². The van der Waals surface area contributed by atoms with Gasteiger partial charge in [0.2, 0.25) is 0 Å². The molecule has 0 saturated heterocycles. The van der Waals surface area contributed by atoms with E-state index in [1.807, 2.05) is 13.8 Å². The van der Waals surface area contributed by atoms with Crippen LogP contribution in [-0.4, -0.2) is 4.98 Å². The first-order valence-electron chi connectivity index (χ1n) is 4.05. The van der Waals surface area contributed by atoms with E-state index in [1.54, 1.807) is 0 Å². The molecule has 0 aliphatic heterocycles. The highest BCUT2D eigenvalue weighted by molar-refractivity contribution is 6.31. The lowest BCUT2D eigenvalue weighted by atomic mass is 10.1. The zero-order valence-corrected chi connectivity index (χ0v) is 8.45. The highest BCUT2D eigenvalue weighted by Crippen LogP contribution is 2.33. The minimum absolute atomic E-state index is 0.113. The SMILES string of the molecule is CC(C)c1cnc(C(F)(F)F)c(Cl)c1. The maximum Gasteiger partial charge on any atom is 0.434 e. The molecule has 0 amide bonds. The molecular formula is C9H9ClF3N. The smallest absolute Gasteiger partial charge is 0.250 e. The van der Waals surface area contributed by atoms with Gasteiger partial charge in [0.1, 0.15) is 0 Å². The van der Waals surface area contributed by atoms with Crippen LogP contribution in [0.15, 0.2) is 12.3 Å². The van der Waals surface area contributed by atoms with Gasteiger partial charge in [0, 0.05) is 6.20 Å². The normalized spacial score (nSPS) is 12.2. The molecule has 0 aliphatic carbocycles. The standard InChI is InChI=1S/C9H9ClF3N/c1-5(2)6-3-7(10)8(14-4-6)9(11,12)13/h3-5H,1-2H3. The molecule has 14 heavy (non-hydrogen) atoms. The van der Waals surface area contributed by atoms with Crippen molar-refractivity contribution in [2.24, 2.45) is 0 Å². The second-order valence-corrected chi connectivity index (χ2v) is 3.66. The molecule has 0 radical (unpaired) electrons. The Morgan fingerprint density at radius 1 is 1.36 bits per heavy atom. The molecule has 1 heterocycles. The van der Waals surface area contributed by atoms with Crippen molar-refractivity contribution in [2.45, 2.75) is 25.9 Å². The number of alkyl halides is 3. The number of nitrogens with zero attached hydrogens (tertiary/aromatic N) is 1. The summed E-state index contributed by atoms with van der Waals surface area (Å²) in [5, 5.41) is -0.344. The Morgan fingerprint density at radius 2 is 1.93 bits per heavy atom. The van der Waals surface area contributed by atoms with Crippen molar-refractivity contribution in [1.29, 1.82) is 0 Å². The molecule has 0 unspecified atom stereocenters. The van der Waals surface area contributed by atoms with E-state index in [0.29, 0.717) is 5.56 Å². The third-order valence-electron chi connectivity index (χ3n) is 1.80. The van der Waals surface area contributed by atoms with Crippen LogP contribution in [0, 0.1) is 0 Å². The van der Waals surface area contributed by atoms with Crippen LogP contribution >= 0.6 is 11.6 Å². The van der Waals surface area contributed by atoms with Gasteiger partial charge in [0.15, 0.2) is 5.69 Å². The molecule has 0 bridgehead atoms. The van der Waals surface area contributed by atoms with E-state index >= 15 is 0 Å². The van der Waals surface area contributed by atoms with Gasteiger partial charge in [-0.15, -0.1) is 0 Å². The number of rotatable bonds is 1. The molecule has 0 spiro atoms. The summed E-state index contributed by atoms with van der Waals surface area (Å²) in [7, 11) is 0. The van der Waals surface area contributed by atoms with E-state index in [2.05, 4.69) is 4.98 Å². The molecule has 1 nitrogen and oxygen atoms in total. The van der Waals surface area contributed by atoms with E-state index in [-0.39, 0.29) is 10.9 Å². The molecule has 0 saturated carbocycles. The fourth-order valence-electron chi connectivity index (χ4n) is 0.977. The van der Waals surface area contributed by atoms with Gasteiger partial charge >= 0.3 is 6.18 Å². The molecular weight excluding hydrogens is 215 g/mol. The van der Waals surface area contributed by atoms with E-state index in [4.69, 9.17) is 11.6 Å². The van der Waals surface area contributed by atoms with Gasteiger partial charge in [-0.05, 0) is 17.5 Å². The predicted molar refractivity (Wildman–Crippen MR) is 48.3 cm³/mol. The molecule has 0 aliphatic rings. The minimum atomic E-state index is -4.48. The fraction of sp³-hybridized carbons (Fsp3) is 0.444. The monoisotopic (exact) mass is 223 g/mol. The van der Waals surface area contributed by atoms with Crippen molar-refractivity contribution in [1.82, 2.24) is 4.98 Å². The Balaban J connectivity index is 3.15. The van der Waals surface area contributed by atoms with Crippen molar-refractivity contribution < 1.29 is 13.2 Å². The van der Waals surface area contributed by atoms with E-state index < -0.39 is 11.9 Å². The number of halogens is 4. The Bertz CT molecular complexity index is 333. The van der Waals surface area contributed by atoms with Gasteiger partial charge < -0.3 is 0 Å². The second kappa shape index (κ2) is 3.77. The first kappa shape index (κ1) is 11.3. The van der Waals surface area contributed by atoms with Crippen molar-refractivity contribution in [3.05, 3.63) is 28.5 Å². The van der Waals surface area contributed by atoms with Crippen LogP contribution in [0.3, 0.4) is 0 Å². The lowest BCUT2D eigenvalue weighted by molar-refractivity contribution is -0.141. The van der Waals surface area contributed by atoms with Crippen LogP contribution in [0.25, 0.3) is 0 Å². The van der Waals surface area contributed by atoms with Gasteiger partial charge in [-0.1, -0.05) is 25.4 Å². The molecule has 1 aromatic rings. The zero-order valence-electron chi connectivity index (χ0n) is 7.69. The highest BCUT2D eigenvalue weighted by Gasteiger charge is 2.35. The number of aromatic nitrogens is 1. The van der Waals surface area contributed by atoms with Crippen LogP contribution in [0.5, 0.6) is 0 Å². The molecule has 0 atom stereocenters. The van der Waals surface area contributed by atoms with Crippen molar-refractivity contribution >= 4 is 11.6 Å². The highest BCUT2D eigenvalue weighted by atomic mass is 35.5. The van der Waals surface area contributed by atoms with Gasteiger partial charge in [0.25, 0.3) is 0 Å². The molecule has 0 N–H and O–H groups in total. The topological polar surface area (TPSA) is 12.9 Å². The van der Waals surface area contributed by atoms with Crippen LogP contribution in [0.2, 0.25) is 5.02 Å². The van der Waals surface area contributed by atoms with Crippen molar-refractivity contribution in [3.8, 4) is 0 Å². The number of hydrogen-bond donors (Lipinski definition) is 0. The van der Waals surface area contributed by atoms with Crippen LogP contribution < -0.4 is 0 Å². The lowest BCUT2D eigenvalue weighted by Crippen LogP contribution is -2.09. The number of hydrogen-bond acceptors (Lipinski definition) is 1. The molecule has 0 aromatic carbocycles. The van der Waals surface area contributed by atoms with Crippen LogP contribution in [0.4, 0.5) is 13.2 Å². The lowest BCUT2D eigenvalue weighted by Gasteiger charge is -2.10. The minimum Gasteiger partial charge on any atom is -0.250 e. The molecule has 0 fully saturated rings. The summed E-state index contributed by atoms with van der Waals surface area (Å²) in [5.41, 5.74) is -0.327. The molecule has 1 aromatic heterocycles. The fourth-order valence-corrected chi connectivity index (χ4v) is 1.26. The molecule has 1 rings (SSSR count). The Labute approximate surface area is 84.9 Å². The van der Waals surface area contributed by atoms with Gasteiger partial charge in [0.05, 0.1) is 5.02 Å². The van der Waals surface area contributed by atoms with Crippen LogP contribution in [0.1, 0.15) is 31.0 Å². The third kappa shape index (κ3) is 2.38. The summed E-state index contributed by atoms with van der Waals surface area (Å²) < 4.78 is 36.7. The zero-order chi connectivity index (χ0) is 10.9.